The van der Waals surface area contributed by atoms with Gasteiger partial charge in [0.15, 0.2) is 11.5 Å². The third-order valence-electron chi connectivity index (χ3n) is 5.92. The summed E-state index contributed by atoms with van der Waals surface area (Å²) in [5.41, 5.74) is 9.50. The van der Waals surface area contributed by atoms with E-state index in [1.54, 1.807) is 7.11 Å². The summed E-state index contributed by atoms with van der Waals surface area (Å²) in [5.74, 6) is 3.19. The number of ether oxygens (including phenoxy) is 3. The fourth-order valence-electron chi connectivity index (χ4n) is 4.54. The van der Waals surface area contributed by atoms with E-state index in [0.717, 1.165) is 43.3 Å². The van der Waals surface area contributed by atoms with Gasteiger partial charge in [0.25, 0.3) is 0 Å². The number of rotatable bonds is 4. The molecule has 3 aliphatic rings. The van der Waals surface area contributed by atoms with Gasteiger partial charge in [0.05, 0.1) is 13.2 Å². The first-order valence-corrected chi connectivity index (χ1v) is 9.56. The van der Waals surface area contributed by atoms with Crippen LogP contribution in [-0.4, -0.2) is 37.9 Å². The van der Waals surface area contributed by atoms with Crippen molar-refractivity contribution in [3.05, 3.63) is 53.6 Å². The van der Waals surface area contributed by atoms with Gasteiger partial charge in [-0.3, -0.25) is 10.3 Å². The number of nitrogens with zero attached hydrogens (tertiary/aromatic N) is 1. The Balaban J connectivity index is 1.33. The van der Waals surface area contributed by atoms with Crippen LogP contribution in [0.3, 0.4) is 0 Å². The quantitative estimate of drug-likeness (QED) is 0.866. The van der Waals surface area contributed by atoms with Crippen LogP contribution >= 0.6 is 0 Å². The van der Waals surface area contributed by atoms with E-state index in [2.05, 4.69) is 40.0 Å². The van der Waals surface area contributed by atoms with E-state index in [0.29, 0.717) is 18.8 Å². The summed E-state index contributed by atoms with van der Waals surface area (Å²) >= 11 is 0. The molecule has 0 aromatic heterocycles. The molecule has 0 saturated carbocycles. The highest BCUT2D eigenvalue weighted by Crippen LogP contribution is 2.38. The third-order valence-corrected chi connectivity index (χ3v) is 5.92. The predicted octanol–water partition coefficient (Wildman–Crippen LogP) is 2.46. The maximum atomic E-state index is 5.69. The summed E-state index contributed by atoms with van der Waals surface area (Å²) in [4.78, 5) is 2.53. The van der Waals surface area contributed by atoms with Crippen LogP contribution in [0.15, 0.2) is 42.5 Å². The number of hydrazine groups is 1. The minimum Gasteiger partial charge on any atom is -0.497 e. The second-order valence-corrected chi connectivity index (χ2v) is 7.49. The second-order valence-electron chi connectivity index (χ2n) is 7.49. The Bertz CT molecular complexity index is 828. The zero-order valence-corrected chi connectivity index (χ0v) is 15.5. The van der Waals surface area contributed by atoms with Crippen LogP contribution in [0.25, 0.3) is 0 Å². The number of hydrogen-bond acceptors (Lipinski definition) is 6. The number of likely N-dealkylation sites (tertiary alicyclic amines) is 1. The molecule has 3 atom stereocenters. The first-order chi connectivity index (χ1) is 13.3. The molecule has 2 saturated heterocycles. The molecule has 0 spiro atoms. The average Bonchev–Trinajstić information content (AvgIpc) is 3.35. The number of para-hydroxylation sites is 1. The summed E-state index contributed by atoms with van der Waals surface area (Å²) in [6.07, 6.45) is 1.13. The monoisotopic (exact) mass is 367 g/mol. The molecule has 2 fully saturated rings. The Morgan fingerprint density at radius 3 is 3.00 bits per heavy atom. The van der Waals surface area contributed by atoms with Crippen molar-refractivity contribution in [3.63, 3.8) is 0 Å². The van der Waals surface area contributed by atoms with E-state index in [-0.39, 0.29) is 6.04 Å². The van der Waals surface area contributed by atoms with Crippen LogP contribution in [0.1, 0.15) is 23.6 Å². The molecule has 27 heavy (non-hydrogen) atoms. The fraction of sp³-hybridized carbons (Fsp3) is 0.429. The van der Waals surface area contributed by atoms with Gasteiger partial charge >= 0.3 is 0 Å². The molecule has 0 radical (unpaired) electrons. The van der Waals surface area contributed by atoms with Gasteiger partial charge in [-0.25, -0.2) is 5.43 Å². The normalized spacial score (nSPS) is 26.8. The average molecular weight is 367 g/mol. The number of piperidine rings is 1. The van der Waals surface area contributed by atoms with Crippen LogP contribution in [0.2, 0.25) is 0 Å². The molecule has 2 aromatic rings. The van der Waals surface area contributed by atoms with E-state index >= 15 is 0 Å². The lowest BCUT2D eigenvalue weighted by molar-refractivity contribution is 0.144. The predicted molar refractivity (Wildman–Crippen MR) is 102 cm³/mol. The van der Waals surface area contributed by atoms with Gasteiger partial charge in [0, 0.05) is 37.2 Å². The number of methoxy groups -OCH3 is 1. The molecule has 2 aromatic carbocycles. The summed E-state index contributed by atoms with van der Waals surface area (Å²) in [5, 5.41) is 0. The SMILES string of the molecule is COc1cccc(C2NNC3CCN(Cc4cccc5c4OCO5)CC32)c1. The van der Waals surface area contributed by atoms with E-state index in [9.17, 15) is 0 Å². The Labute approximate surface area is 159 Å². The van der Waals surface area contributed by atoms with Crippen molar-refractivity contribution >= 4 is 0 Å². The van der Waals surface area contributed by atoms with Crippen molar-refractivity contribution in [2.45, 2.75) is 25.0 Å². The van der Waals surface area contributed by atoms with Crippen LogP contribution in [0, 0.1) is 5.92 Å². The highest BCUT2D eigenvalue weighted by atomic mass is 16.7. The first kappa shape index (κ1) is 16.9. The smallest absolute Gasteiger partial charge is 0.231 e. The lowest BCUT2D eigenvalue weighted by atomic mass is 9.85. The minimum atomic E-state index is 0.286. The molecular formula is C21H25N3O3. The summed E-state index contributed by atoms with van der Waals surface area (Å²) in [6, 6.07) is 15.3. The number of fused-ring (bicyclic) bond motifs is 2. The lowest BCUT2D eigenvalue weighted by Crippen LogP contribution is -2.45. The number of hydrogen-bond donors (Lipinski definition) is 2. The third kappa shape index (κ3) is 3.14. The van der Waals surface area contributed by atoms with E-state index < -0.39 is 0 Å². The molecule has 3 heterocycles. The molecule has 0 amide bonds. The lowest BCUT2D eigenvalue weighted by Gasteiger charge is -2.36. The zero-order chi connectivity index (χ0) is 18.2. The maximum absolute atomic E-state index is 5.69. The number of nitrogens with one attached hydrogen (secondary N) is 2. The Morgan fingerprint density at radius 1 is 1.15 bits per heavy atom. The molecule has 3 aliphatic heterocycles. The minimum absolute atomic E-state index is 0.286. The van der Waals surface area contributed by atoms with E-state index in [1.165, 1.54) is 11.1 Å². The summed E-state index contributed by atoms with van der Waals surface area (Å²) in [6.45, 7) is 3.33. The maximum Gasteiger partial charge on any atom is 0.231 e. The van der Waals surface area contributed by atoms with Crippen LogP contribution in [-0.2, 0) is 6.54 Å². The molecule has 2 N–H and O–H groups in total. The number of benzene rings is 2. The largest absolute Gasteiger partial charge is 0.497 e. The van der Waals surface area contributed by atoms with Gasteiger partial charge < -0.3 is 14.2 Å². The second kappa shape index (κ2) is 7.03. The molecule has 5 rings (SSSR count). The molecule has 0 bridgehead atoms. The Morgan fingerprint density at radius 2 is 2.07 bits per heavy atom. The highest BCUT2D eigenvalue weighted by Gasteiger charge is 2.40. The Hall–Kier alpha value is -2.28. The molecule has 142 valence electrons. The van der Waals surface area contributed by atoms with Crippen molar-refractivity contribution in [3.8, 4) is 17.2 Å². The zero-order valence-electron chi connectivity index (χ0n) is 15.5. The van der Waals surface area contributed by atoms with Gasteiger partial charge in [0.1, 0.15) is 5.75 Å². The van der Waals surface area contributed by atoms with Crippen LogP contribution in [0.4, 0.5) is 0 Å². The fourth-order valence-corrected chi connectivity index (χ4v) is 4.54. The van der Waals surface area contributed by atoms with E-state index in [4.69, 9.17) is 14.2 Å². The van der Waals surface area contributed by atoms with Crippen LogP contribution in [0.5, 0.6) is 17.2 Å². The van der Waals surface area contributed by atoms with Gasteiger partial charge in [-0.15, -0.1) is 0 Å². The van der Waals surface area contributed by atoms with Gasteiger partial charge in [0.2, 0.25) is 6.79 Å². The Kier molecular flexibility index (Phi) is 4.39. The highest BCUT2D eigenvalue weighted by molar-refractivity contribution is 5.48. The van der Waals surface area contributed by atoms with Crippen LogP contribution < -0.4 is 25.1 Å². The molecule has 6 nitrogen and oxygen atoms in total. The van der Waals surface area contributed by atoms with Gasteiger partial charge in [-0.1, -0.05) is 24.3 Å². The molecule has 6 heteroatoms. The standard InChI is InChI=1S/C21H25N3O3/c1-25-16-6-2-4-14(10-16)20-17-12-24(9-8-18(17)22-23-20)11-15-5-3-7-19-21(15)27-13-26-19/h2-7,10,17-18,20,22-23H,8-9,11-13H2,1H3. The van der Waals surface area contributed by atoms with Crippen molar-refractivity contribution in [1.29, 1.82) is 0 Å². The molecular weight excluding hydrogens is 342 g/mol. The molecule has 0 aliphatic carbocycles. The first-order valence-electron chi connectivity index (χ1n) is 9.56. The topological polar surface area (TPSA) is 55.0 Å². The van der Waals surface area contributed by atoms with Gasteiger partial charge in [-0.05, 0) is 30.2 Å². The van der Waals surface area contributed by atoms with Gasteiger partial charge in [-0.2, -0.15) is 0 Å². The molecule has 3 unspecified atom stereocenters. The van der Waals surface area contributed by atoms with Crippen molar-refractivity contribution in [1.82, 2.24) is 15.8 Å². The summed E-state index contributed by atoms with van der Waals surface area (Å²) in [7, 11) is 1.72. The van der Waals surface area contributed by atoms with Crippen molar-refractivity contribution < 1.29 is 14.2 Å². The van der Waals surface area contributed by atoms with E-state index in [1.807, 2.05) is 18.2 Å². The van der Waals surface area contributed by atoms with Crippen molar-refractivity contribution in [2.24, 2.45) is 5.92 Å². The summed E-state index contributed by atoms with van der Waals surface area (Å²) < 4.78 is 16.6. The van der Waals surface area contributed by atoms with Crippen molar-refractivity contribution in [2.75, 3.05) is 27.0 Å².